The minimum Gasteiger partial charge on any atom is -0.497 e. The van der Waals surface area contributed by atoms with Gasteiger partial charge in [-0.15, -0.1) is 0 Å². The molecule has 0 heterocycles. The van der Waals surface area contributed by atoms with Crippen molar-refractivity contribution in [3.8, 4) is 11.5 Å². The van der Waals surface area contributed by atoms with Gasteiger partial charge in [-0.3, -0.25) is 0 Å². The lowest BCUT2D eigenvalue weighted by molar-refractivity contribution is 0.0281. The third-order valence-electron chi connectivity index (χ3n) is 3.92. The van der Waals surface area contributed by atoms with Gasteiger partial charge in [0, 0.05) is 29.8 Å². The van der Waals surface area contributed by atoms with Crippen molar-refractivity contribution in [2.24, 2.45) is 0 Å². The molecule has 0 aliphatic heterocycles. The van der Waals surface area contributed by atoms with Crippen LogP contribution in [0.25, 0.3) is 0 Å². The molecule has 134 valence electrons. The molecular weight excluding hydrogens is 308 g/mol. The Morgan fingerprint density at radius 3 is 2.50 bits per heavy atom. The second-order valence-electron chi connectivity index (χ2n) is 7.13. The van der Waals surface area contributed by atoms with E-state index in [1.807, 2.05) is 39.0 Å². The third kappa shape index (κ3) is 5.30. The summed E-state index contributed by atoms with van der Waals surface area (Å²) in [6, 6.07) is 6.14. The molecule has 1 amide bonds. The normalized spacial score (nSPS) is 20.0. The summed E-state index contributed by atoms with van der Waals surface area (Å²) in [6.45, 7) is 6.50. The summed E-state index contributed by atoms with van der Waals surface area (Å²) in [5, 5.41) is 6.27. The second kappa shape index (κ2) is 7.75. The van der Waals surface area contributed by atoms with Gasteiger partial charge in [0.25, 0.3) is 0 Å². The van der Waals surface area contributed by atoms with Crippen LogP contribution in [-0.4, -0.2) is 38.0 Å². The van der Waals surface area contributed by atoms with Crippen LogP contribution in [0.15, 0.2) is 18.2 Å². The third-order valence-corrected chi connectivity index (χ3v) is 3.92. The molecule has 1 aliphatic rings. The average molecular weight is 336 g/mol. The van der Waals surface area contributed by atoms with Crippen molar-refractivity contribution in [3.05, 3.63) is 23.8 Å². The van der Waals surface area contributed by atoms with Gasteiger partial charge in [-0.1, -0.05) is 6.07 Å². The molecule has 6 nitrogen and oxygen atoms in total. The number of benzene rings is 1. The summed E-state index contributed by atoms with van der Waals surface area (Å²) >= 11 is 0. The van der Waals surface area contributed by atoms with Crippen LogP contribution < -0.4 is 20.1 Å². The van der Waals surface area contributed by atoms with Crippen LogP contribution in [0.4, 0.5) is 4.79 Å². The fraction of sp³-hybridized carbons (Fsp3) is 0.611. The summed E-state index contributed by atoms with van der Waals surface area (Å²) in [6.07, 6.45) is 1.30. The number of hydrogen-bond acceptors (Lipinski definition) is 5. The summed E-state index contributed by atoms with van der Waals surface area (Å²) < 4.78 is 16.0. The summed E-state index contributed by atoms with van der Waals surface area (Å²) in [7, 11) is 3.29. The summed E-state index contributed by atoms with van der Waals surface area (Å²) in [5.41, 5.74) is 0.803. The van der Waals surface area contributed by atoms with Crippen molar-refractivity contribution >= 4 is 6.09 Å². The smallest absolute Gasteiger partial charge is 0.407 e. The molecule has 0 aromatic heterocycles. The Labute approximate surface area is 143 Å². The first-order valence-corrected chi connectivity index (χ1v) is 8.24. The molecule has 0 unspecified atom stereocenters. The molecule has 6 heteroatoms. The quantitative estimate of drug-likeness (QED) is 0.836. The Balaban J connectivity index is 1.73. The summed E-state index contributed by atoms with van der Waals surface area (Å²) in [5.74, 6) is 1.58. The van der Waals surface area contributed by atoms with Gasteiger partial charge < -0.3 is 24.8 Å². The zero-order valence-electron chi connectivity index (χ0n) is 15.1. The van der Waals surface area contributed by atoms with E-state index in [0.29, 0.717) is 12.6 Å². The number of ether oxygens (including phenoxy) is 3. The fourth-order valence-corrected chi connectivity index (χ4v) is 2.57. The largest absolute Gasteiger partial charge is 0.497 e. The van der Waals surface area contributed by atoms with E-state index >= 15 is 0 Å². The molecule has 1 fully saturated rings. The van der Waals surface area contributed by atoms with Crippen LogP contribution in [0.1, 0.15) is 39.2 Å². The Hall–Kier alpha value is -1.95. The molecule has 24 heavy (non-hydrogen) atoms. The van der Waals surface area contributed by atoms with E-state index in [2.05, 4.69) is 10.6 Å². The lowest BCUT2D eigenvalue weighted by atomic mass is 9.89. The standard InChI is InChI=1S/C18H28N2O4/c1-18(2,3)20-17(21)24-15-8-13(9-15)19-11-12-6-7-14(22-4)10-16(12)23-5/h6-7,10,13,15,19H,8-9,11H2,1-5H3,(H,20,21). The number of amides is 1. The predicted octanol–water partition coefficient (Wildman–Crippen LogP) is 2.85. The Morgan fingerprint density at radius 2 is 1.92 bits per heavy atom. The molecule has 0 radical (unpaired) electrons. The predicted molar refractivity (Wildman–Crippen MR) is 92.6 cm³/mol. The van der Waals surface area contributed by atoms with Gasteiger partial charge in [-0.2, -0.15) is 0 Å². The van der Waals surface area contributed by atoms with E-state index in [1.54, 1.807) is 14.2 Å². The van der Waals surface area contributed by atoms with Gasteiger partial charge in [-0.25, -0.2) is 4.79 Å². The van der Waals surface area contributed by atoms with Crippen molar-refractivity contribution < 1.29 is 19.0 Å². The fourth-order valence-electron chi connectivity index (χ4n) is 2.57. The lowest BCUT2D eigenvalue weighted by Gasteiger charge is -2.36. The molecule has 1 aromatic carbocycles. The van der Waals surface area contributed by atoms with Crippen LogP contribution >= 0.6 is 0 Å². The van der Waals surface area contributed by atoms with E-state index in [-0.39, 0.29) is 17.7 Å². The van der Waals surface area contributed by atoms with Crippen LogP contribution in [0.5, 0.6) is 11.5 Å². The topological polar surface area (TPSA) is 68.8 Å². The van der Waals surface area contributed by atoms with Crippen LogP contribution in [0.2, 0.25) is 0 Å². The molecule has 0 bridgehead atoms. The van der Waals surface area contributed by atoms with Gasteiger partial charge in [0.15, 0.2) is 0 Å². The zero-order valence-corrected chi connectivity index (χ0v) is 15.1. The minimum atomic E-state index is -0.345. The molecule has 2 N–H and O–H groups in total. The first kappa shape index (κ1) is 18.4. The van der Waals surface area contributed by atoms with Crippen molar-refractivity contribution in [1.82, 2.24) is 10.6 Å². The van der Waals surface area contributed by atoms with Crippen molar-refractivity contribution in [2.75, 3.05) is 14.2 Å². The molecule has 1 saturated carbocycles. The number of alkyl carbamates (subject to hydrolysis) is 1. The Kier molecular flexibility index (Phi) is 5.94. The first-order valence-electron chi connectivity index (χ1n) is 8.24. The maximum absolute atomic E-state index is 11.7. The van der Waals surface area contributed by atoms with Crippen molar-refractivity contribution in [2.45, 2.75) is 57.8 Å². The molecule has 1 aromatic rings. The van der Waals surface area contributed by atoms with Crippen LogP contribution in [-0.2, 0) is 11.3 Å². The molecular formula is C18H28N2O4. The molecule has 1 aliphatic carbocycles. The number of carbonyl (C=O) groups excluding carboxylic acids is 1. The van der Waals surface area contributed by atoms with E-state index in [1.165, 1.54) is 0 Å². The first-order chi connectivity index (χ1) is 11.3. The average Bonchev–Trinajstić information content (AvgIpc) is 2.47. The molecule has 2 rings (SSSR count). The van der Waals surface area contributed by atoms with E-state index in [4.69, 9.17) is 14.2 Å². The lowest BCUT2D eigenvalue weighted by Crippen LogP contribution is -2.49. The van der Waals surface area contributed by atoms with E-state index in [0.717, 1.165) is 29.9 Å². The zero-order chi connectivity index (χ0) is 17.7. The SMILES string of the molecule is COc1ccc(CNC2CC(OC(=O)NC(C)(C)C)C2)c(OC)c1. The molecule has 0 atom stereocenters. The molecule has 0 spiro atoms. The highest BCUT2D eigenvalue weighted by atomic mass is 16.6. The highest BCUT2D eigenvalue weighted by Crippen LogP contribution is 2.27. The van der Waals surface area contributed by atoms with Gasteiger partial charge in [0.1, 0.15) is 17.6 Å². The van der Waals surface area contributed by atoms with Gasteiger partial charge in [0.2, 0.25) is 0 Å². The van der Waals surface area contributed by atoms with Gasteiger partial charge >= 0.3 is 6.09 Å². The van der Waals surface area contributed by atoms with Crippen molar-refractivity contribution in [1.29, 1.82) is 0 Å². The second-order valence-corrected chi connectivity index (χ2v) is 7.13. The maximum atomic E-state index is 11.7. The number of methoxy groups -OCH3 is 2. The summed E-state index contributed by atoms with van der Waals surface area (Å²) in [4.78, 5) is 11.7. The maximum Gasteiger partial charge on any atom is 0.407 e. The van der Waals surface area contributed by atoms with Crippen molar-refractivity contribution in [3.63, 3.8) is 0 Å². The number of hydrogen-bond donors (Lipinski definition) is 2. The monoisotopic (exact) mass is 336 g/mol. The van der Waals surface area contributed by atoms with Crippen LogP contribution in [0.3, 0.4) is 0 Å². The number of carbonyl (C=O) groups is 1. The minimum absolute atomic E-state index is 0.0115. The number of nitrogens with one attached hydrogen (secondary N) is 2. The Bertz CT molecular complexity index is 563. The Morgan fingerprint density at radius 1 is 1.21 bits per heavy atom. The van der Waals surface area contributed by atoms with Crippen LogP contribution in [0, 0.1) is 0 Å². The van der Waals surface area contributed by atoms with Gasteiger partial charge in [0.05, 0.1) is 14.2 Å². The number of rotatable bonds is 6. The highest BCUT2D eigenvalue weighted by Gasteiger charge is 2.32. The van der Waals surface area contributed by atoms with Gasteiger partial charge in [-0.05, 0) is 39.7 Å². The molecule has 0 saturated heterocycles. The highest BCUT2D eigenvalue weighted by molar-refractivity contribution is 5.68. The van der Waals surface area contributed by atoms with E-state index < -0.39 is 0 Å². The van der Waals surface area contributed by atoms with E-state index in [9.17, 15) is 4.79 Å².